The summed E-state index contributed by atoms with van der Waals surface area (Å²) < 4.78 is 16.2. The maximum Gasteiger partial charge on any atom is 0.305 e. The number of esters is 2. The number of aromatic nitrogens is 4. The van der Waals surface area contributed by atoms with Crippen molar-refractivity contribution in [1.29, 1.82) is 0 Å². The Morgan fingerprint density at radius 1 is 0.763 bits per heavy atom. The molecule has 0 saturated heterocycles. The van der Waals surface area contributed by atoms with E-state index in [-0.39, 0.29) is 31.2 Å². The topological polar surface area (TPSA) is 160 Å². The summed E-state index contributed by atoms with van der Waals surface area (Å²) in [6.45, 7) is 14.5. The van der Waals surface area contributed by atoms with E-state index in [0.29, 0.717) is 54.0 Å². The van der Waals surface area contributed by atoms with Crippen LogP contribution in [0.15, 0.2) is 42.5 Å². The first-order valence-corrected chi connectivity index (χ1v) is 21.0. The Bertz CT molecular complexity index is 2420. The lowest BCUT2D eigenvalue weighted by Crippen LogP contribution is -2.43. The number of hydrogen-bond donors (Lipinski definition) is 4. The Kier molecular flexibility index (Phi) is 13.2. The normalized spacial score (nSPS) is 17.7. The number of allylic oxidation sites excluding steroid dienone is 2. The van der Waals surface area contributed by atoms with Crippen LogP contribution in [0.3, 0.4) is 0 Å². The molecule has 2 aliphatic heterocycles. The van der Waals surface area contributed by atoms with E-state index in [1.54, 1.807) is 6.92 Å². The molecular formula is C48H60N4O7. The number of ether oxygens (including phenoxy) is 3. The second kappa shape index (κ2) is 17.9. The zero-order valence-corrected chi connectivity index (χ0v) is 36.1. The third-order valence-corrected chi connectivity index (χ3v) is 12.4. The smallest absolute Gasteiger partial charge is 0.305 e. The highest BCUT2D eigenvalue weighted by Crippen LogP contribution is 2.51. The molecule has 0 saturated carbocycles. The summed E-state index contributed by atoms with van der Waals surface area (Å²) in [5.41, 5.74) is 8.61. The SMILES string of the molecule is CCCCCCOc1ccc(-c2c3nc(cc4[nH]c(cc5[nH]c(cc6nc2C(C)(O)C6(O)CC)c(C)c5CCC(=O)OC)c(CCC(=O)OC)c4C)C(CC)=C3C)cc1. The Balaban J connectivity index is 1.73. The second-order valence-corrected chi connectivity index (χ2v) is 15.9. The van der Waals surface area contributed by atoms with Gasteiger partial charge in [0, 0.05) is 40.5 Å². The van der Waals surface area contributed by atoms with E-state index in [2.05, 4.69) is 36.8 Å². The summed E-state index contributed by atoms with van der Waals surface area (Å²) in [5, 5.41) is 25.3. The van der Waals surface area contributed by atoms with Crippen LogP contribution in [0, 0.1) is 13.8 Å². The molecule has 1 aromatic carbocycles. The van der Waals surface area contributed by atoms with E-state index < -0.39 is 11.2 Å². The number of aryl methyl sites for hydroxylation is 4. The average molecular weight is 805 g/mol. The van der Waals surface area contributed by atoms with Crippen molar-refractivity contribution in [2.45, 2.75) is 124 Å². The van der Waals surface area contributed by atoms with E-state index in [4.69, 9.17) is 24.2 Å². The van der Waals surface area contributed by atoms with Crippen molar-refractivity contribution >= 4 is 45.2 Å². The van der Waals surface area contributed by atoms with Crippen molar-refractivity contribution in [3.63, 3.8) is 0 Å². The van der Waals surface area contributed by atoms with E-state index in [9.17, 15) is 19.8 Å². The van der Waals surface area contributed by atoms with E-state index in [1.165, 1.54) is 20.6 Å². The quantitative estimate of drug-likeness (QED) is 0.0678. The molecule has 8 bridgehead atoms. The fraction of sp³-hybridized carbons (Fsp3) is 0.458. The summed E-state index contributed by atoms with van der Waals surface area (Å²) >= 11 is 0. The summed E-state index contributed by atoms with van der Waals surface area (Å²) in [4.78, 5) is 42.6. The Hall–Kier alpha value is -5.26. The molecule has 2 atom stereocenters. The maximum atomic E-state index is 12.7. The van der Waals surface area contributed by atoms with Gasteiger partial charge in [0.15, 0.2) is 0 Å². The molecule has 11 heteroatoms. The number of carbonyl (C=O) groups excluding carboxylic acids is 2. The predicted octanol–water partition coefficient (Wildman–Crippen LogP) is 9.61. The number of rotatable bonds is 15. The number of nitrogens with one attached hydrogen (secondary N) is 2. The Morgan fingerprint density at radius 3 is 1.90 bits per heavy atom. The van der Waals surface area contributed by atoms with Crippen molar-refractivity contribution in [3.8, 4) is 16.9 Å². The van der Waals surface area contributed by atoms with E-state index in [1.807, 2.05) is 57.2 Å². The van der Waals surface area contributed by atoms with Gasteiger partial charge in [0.2, 0.25) is 0 Å². The molecular weight excluding hydrogens is 745 g/mol. The van der Waals surface area contributed by atoms with Crippen molar-refractivity contribution in [2.24, 2.45) is 0 Å². The Morgan fingerprint density at radius 2 is 1.36 bits per heavy atom. The molecule has 4 aromatic rings. The molecule has 0 aliphatic carbocycles. The van der Waals surface area contributed by atoms with Gasteiger partial charge in [-0.2, -0.15) is 0 Å². The lowest BCUT2D eigenvalue weighted by Gasteiger charge is -2.35. The van der Waals surface area contributed by atoms with Gasteiger partial charge in [0.05, 0.1) is 43.6 Å². The molecule has 2 aliphatic rings. The summed E-state index contributed by atoms with van der Waals surface area (Å²) in [6, 6.07) is 13.7. The summed E-state index contributed by atoms with van der Waals surface area (Å²) in [5.74, 6) is 0.111. The van der Waals surface area contributed by atoms with Crippen molar-refractivity contribution in [3.05, 3.63) is 87.5 Å². The highest BCUT2D eigenvalue weighted by Gasteiger charge is 2.54. The lowest BCUT2D eigenvalue weighted by molar-refractivity contribution is -0.148. The molecule has 0 amide bonds. The van der Waals surface area contributed by atoms with Gasteiger partial charge in [0.25, 0.3) is 0 Å². The van der Waals surface area contributed by atoms with Gasteiger partial charge in [-0.25, -0.2) is 4.98 Å². The summed E-state index contributed by atoms with van der Waals surface area (Å²) in [6.07, 6.45) is 6.48. The van der Waals surface area contributed by atoms with Crippen LogP contribution in [0.2, 0.25) is 0 Å². The van der Waals surface area contributed by atoms with Crippen LogP contribution in [0.4, 0.5) is 0 Å². The largest absolute Gasteiger partial charge is 0.494 e. The molecule has 5 heterocycles. The number of carbonyl (C=O) groups is 2. The van der Waals surface area contributed by atoms with Gasteiger partial charge in [-0.05, 0) is 129 Å². The predicted molar refractivity (Wildman–Crippen MR) is 233 cm³/mol. The first-order valence-electron chi connectivity index (χ1n) is 21.0. The number of hydrogen-bond acceptors (Lipinski definition) is 9. The highest BCUT2D eigenvalue weighted by molar-refractivity contribution is 5.97. The number of unbranched alkanes of at least 4 members (excludes halogenated alkanes) is 3. The van der Waals surface area contributed by atoms with Crippen molar-refractivity contribution in [1.82, 2.24) is 19.9 Å². The molecule has 4 N–H and O–H groups in total. The van der Waals surface area contributed by atoms with E-state index >= 15 is 0 Å². The number of H-pyrrole nitrogens is 2. The minimum absolute atomic E-state index is 0.158. The highest BCUT2D eigenvalue weighted by atomic mass is 16.5. The van der Waals surface area contributed by atoms with Gasteiger partial charge in [-0.15, -0.1) is 0 Å². The molecule has 59 heavy (non-hydrogen) atoms. The van der Waals surface area contributed by atoms with Gasteiger partial charge in [0.1, 0.15) is 17.0 Å². The molecule has 314 valence electrons. The van der Waals surface area contributed by atoms with E-state index in [0.717, 1.165) is 86.2 Å². The minimum Gasteiger partial charge on any atom is -0.494 e. The van der Waals surface area contributed by atoms with Crippen LogP contribution in [0.25, 0.3) is 44.3 Å². The molecule has 3 aromatic heterocycles. The first kappa shape index (κ1) is 43.3. The van der Waals surface area contributed by atoms with Crippen LogP contribution in [0.1, 0.15) is 131 Å². The van der Waals surface area contributed by atoms with Crippen LogP contribution in [-0.2, 0) is 43.1 Å². The third kappa shape index (κ3) is 8.32. The minimum atomic E-state index is -1.82. The zero-order valence-electron chi connectivity index (χ0n) is 36.1. The van der Waals surface area contributed by atoms with Crippen molar-refractivity contribution in [2.75, 3.05) is 20.8 Å². The van der Waals surface area contributed by atoms with Gasteiger partial charge in [-0.3, -0.25) is 14.6 Å². The maximum absolute atomic E-state index is 12.7. The zero-order chi connectivity index (χ0) is 42.6. The van der Waals surface area contributed by atoms with Gasteiger partial charge >= 0.3 is 11.9 Å². The fourth-order valence-corrected chi connectivity index (χ4v) is 8.59. The summed E-state index contributed by atoms with van der Waals surface area (Å²) in [7, 11) is 2.77. The number of aromatic amines is 2. The molecule has 6 rings (SSSR count). The third-order valence-electron chi connectivity index (χ3n) is 12.4. The standard InChI is InChI=1S/C48H60N4O7/c1-10-13-14-15-24-59-32-18-16-31(17-19-32)44-45-30(6)33(11-2)38(51-45)25-36-28(4)34(20-22-42(53)57-8)39(49-36)26-40-35(21-23-43(54)58-9)29(5)37(50-40)27-41-48(56,12-3)47(7,55)46(44)52-41/h16-19,25-27,49-50,55-56H,10-15,20-24H2,1-9H3. The monoisotopic (exact) mass is 804 g/mol. The second-order valence-electron chi connectivity index (χ2n) is 15.9. The number of fused-ring (bicyclic) bond motifs is 8. The van der Waals surface area contributed by atoms with Crippen LogP contribution >= 0.6 is 0 Å². The fourth-order valence-electron chi connectivity index (χ4n) is 8.59. The number of aliphatic hydroxyl groups is 2. The van der Waals surface area contributed by atoms with Gasteiger partial charge in [-0.1, -0.05) is 52.2 Å². The number of nitrogens with zero attached hydrogens (tertiary/aromatic N) is 2. The average Bonchev–Trinajstić information content (AvgIpc) is 3.86. The first-order chi connectivity index (χ1) is 28.2. The lowest BCUT2D eigenvalue weighted by atomic mass is 9.77. The molecule has 2 unspecified atom stereocenters. The Labute approximate surface area is 347 Å². The molecule has 0 fully saturated rings. The van der Waals surface area contributed by atoms with Crippen LogP contribution < -0.4 is 4.74 Å². The number of methoxy groups -OCH3 is 2. The number of benzene rings is 1. The van der Waals surface area contributed by atoms with Crippen LogP contribution in [-0.4, -0.2) is 62.9 Å². The molecule has 0 spiro atoms. The van der Waals surface area contributed by atoms with Gasteiger partial charge < -0.3 is 34.4 Å². The molecule has 11 nitrogen and oxygen atoms in total. The molecule has 0 radical (unpaired) electrons. The van der Waals surface area contributed by atoms with Crippen LogP contribution in [0.5, 0.6) is 5.75 Å². The van der Waals surface area contributed by atoms with Crippen molar-refractivity contribution < 1.29 is 34.0 Å².